The van der Waals surface area contributed by atoms with Crippen molar-refractivity contribution in [1.29, 1.82) is 0 Å². The summed E-state index contributed by atoms with van der Waals surface area (Å²) in [6, 6.07) is 5.97. The molecular formula is C18H25NO3. The second-order valence-electron chi connectivity index (χ2n) is 6.52. The van der Waals surface area contributed by atoms with E-state index in [9.17, 15) is 14.7 Å². The third kappa shape index (κ3) is 3.49. The van der Waals surface area contributed by atoms with Gasteiger partial charge in [0.05, 0.1) is 11.8 Å². The Balaban J connectivity index is 2.23. The van der Waals surface area contributed by atoms with Crippen molar-refractivity contribution in [2.24, 2.45) is 11.8 Å². The molecule has 2 rings (SSSR count). The summed E-state index contributed by atoms with van der Waals surface area (Å²) in [7, 11) is 0. The molecule has 1 saturated carbocycles. The molecule has 0 saturated heterocycles. The number of anilines is 1. The SMILES string of the molecule is Cc1cccc(C(C)C)c1NC(=O)[C@@H]1CCCC[C@H]1C(=O)O. The van der Waals surface area contributed by atoms with E-state index in [0.717, 1.165) is 29.7 Å². The first-order chi connectivity index (χ1) is 10.4. The van der Waals surface area contributed by atoms with Gasteiger partial charge in [0.15, 0.2) is 0 Å². The molecule has 1 aromatic rings. The van der Waals surface area contributed by atoms with Crippen LogP contribution in [-0.2, 0) is 9.59 Å². The molecule has 4 nitrogen and oxygen atoms in total. The highest BCUT2D eigenvalue weighted by Crippen LogP contribution is 2.33. The van der Waals surface area contributed by atoms with Gasteiger partial charge in [-0.05, 0) is 36.8 Å². The van der Waals surface area contributed by atoms with E-state index in [1.807, 2.05) is 25.1 Å². The van der Waals surface area contributed by atoms with Gasteiger partial charge in [-0.25, -0.2) is 0 Å². The molecule has 0 heterocycles. The van der Waals surface area contributed by atoms with Crippen molar-refractivity contribution in [2.45, 2.75) is 52.4 Å². The van der Waals surface area contributed by atoms with Gasteiger partial charge in [-0.3, -0.25) is 9.59 Å². The zero-order chi connectivity index (χ0) is 16.3. The van der Waals surface area contributed by atoms with Crippen molar-refractivity contribution < 1.29 is 14.7 Å². The smallest absolute Gasteiger partial charge is 0.307 e. The third-order valence-electron chi connectivity index (χ3n) is 4.60. The van der Waals surface area contributed by atoms with Crippen LogP contribution in [-0.4, -0.2) is 17.0 Å². The first kappa shape index (κ1) is 16.5. The molecule has 0 aliphatic heterocycles. The number of hydrogen-bond donors (Lipinski definition) is 2. The van der Waals surface area contributed by atoms with Crippen LogP contribution in [0.15, 0.2) is 18.2 Å². The first-order valence-electron chi connectivity index (χ1n) is 8.05. The molecule has 1 aliphatic carbocycles. The van der Waals surface area contributed by atoms with E-state index in [4.69, 9.17) is 0 Å². The van der Waals surface area contributed by atoms with Crippen molar-refractivity contribution in [3.05, 3.63) is 29.3 Å². The third-order valence-corrected chi connectivity index (χ3v) is 4.60. The Kier molecular flexibility index (Phi) is 5.22. The highest BCUT2D eigenvalue weighted by molar-refractivity contribution is 5.96. The van der Waals surface area contributed by atoms with Gasteiger partial charge in [0.2, 0.25) is 5.91 Å². The van der Waals surface area contributed by atoms with Gasteiger partial charge in [0.25, 0.3) is 0 Å². The lowest BCUT2D eigenvalue weighted by atomic mass is 9.78. The van der Waals surface area contributed by atoms with Crippen LogP contribution in [0.1, 0.15) is 56.6 Å². The molecule has 2 atom stereocenters. The molecule has 120 valence electrons. The van der Waals surface area contributed by atoms with Crippen molar-refractivity contribution in [2.75, 3.05) is 5.32 Å². The Labute approximate surface area is 131 Å². The van der Waals surface area contributed by atoms with Crippen LogP contribution in [0.2, 0.25) is 0 Å². The summed E-state index contributed by atoms with van der Waals surface area (Å²) in [5.41, 5.74) is 2.95. The summed E-state index contributed by atoms with van der Waals surface area (Å²) in [6.45, 7) is 6.15. The van der Waals surface area contributed by atoms with Gasteiger partial charge in [-0.2, -0.15) is 0 Å². The van der Waals surface area contributed by atoms with Crippen molar-refractivity contribution >= 4 is 17.6 Å². The van der Waals surface area contributed by atoms with Crippen LogP contribution in [0.5, 0.6) is 0 Å². The van der Waals surface area contributed by atoms with E-state index >= 15 is 0 Å². The van der Waals surface area contributed by atoms with E-state index in [1.54, 1.807) is 0 Å². The fourth-order valence-corrected chi connectivity index (χ4v) is 3.30. The number of aryl methyl sites for hydroxylation is 1. The fraction of sp³-hybridized carbons (Fsp3) is 0.556. The van der Waals surface area contributed by atoms with Crippen LogP contribution in [0.4, 0.5) is 5.69 Å². The summed E-state index contributed by atoms with van der Waals surface area (Å²) >= 11 is 0. The minimum Gasteiger partial charge on any atom is -0.481 e. The standard InChI is InChI=1S/C18H25NO3/c1-11(2)13-10-6-7-12(3)16(13)19-17(20)14-8-4-5-9-15(14)18(21)22/h6-7,10-11,14-15H,4-5,8-9H2,1-3H3,(H,19,20)(H,21,22)/t14-,15-/m1/s1. The second kappa shape index (κ2) is 6.95. The Hall–Kier alpha value is -1.84. The molecule has 1 aromatic carbocycles. The topological polar surface area (TPSA) is 66.4 Å². The molecule has 0 radical (unpaired) electrons. The van der Waals surface area contributed by atoms with E-state index in [-0.39, 0.29) is 5.91 Å². The van der Waals surface area contributed by atoms with Crippen LogP contribution in [0.3, 0.4) is 0 Å². The molecule has 2 N–H and O–H groups in total. The summed E-state index contributed by atoms with van der Waals surface area (Å²) in [6.07, 6.45) is 3.07. The quantitative estimate of drug-likeness (QED) is 0.885. The van der Waals surface area contributed by atoms with Crippen molar-refractivity contribution in [3.63, 3.8) is 0 Å². The first-order valence-corrected chi connectivity index (χ1v) is 8.05. The molecule has 1 fully saturated rings. The largest absolute Gasteiger partial charge is 0.481 e. The number of rotatable bonds is 4. The number of para-hydroxylation sites is 1. The van der Waals surface area contributed by atoms with Crippen LogP contribution in [0.25, 0.3) is 0 Å². The van der Waals surface area contributed by atoms with E-state index in [0.29, 0.717) is 18.8 Å². The molecule has 0 aromatic heterocycles. The summed E-state index contributed by atoms with van der Waals surface area (Å²) in [4.78, 5) is 24.0. The summed E-state index contributed by atoms with van der Waals surface area (Å²) in [5.74, 6) is -1.68. The van der Waals surface area contributed by atoms with Gasteiger partial charge in [0, 0.05) is 5.69 Å². The summed E-state index contributed by atoms with van der Waals surface area (Å²) < 4.78 is 0. The molecule has 0 bridgehead atoms. The Morgan fingerprint density at radius 1 is 1.18 bits per heavy atom. The average Bonchev–Trinajstić information content (AvgIpc) is 2.48. The highest BCUT2D eigenvalue weighted by Gasteiger charge is 2.36. The normalized spacial score (nSPS) is 21.6. The minimum absolute atomic E-state index is 0.150. The number of carboxylic acids is 1. The maximum atomic E-state index is 12.6. The molecule has 0 spiro atoms. The highest BCUT2D eigenvalue weighted by atomic mass is 16.4. The number of carbonyl (C=O) groups excluding carboxylic acids is 1. The van der Waals surface area contributed by atoms with E-state index in [2.05, 4.69) is 19.2 Å². The van der Waals surface area contributed by atoms with Crippen LogP contribution >= 0.6 is 0 Å². The fourth-order valence-electron chi connectivity index (χ4n) is 3.30. The average molecular weight is 303 g/mol. The second-order valence-corrected chi connectivity index (χ2v) is 6.52. The number of amides is 1. The molecule has 0 unspecified atom stereocenters. The predicted octanol–water partition coefficient (Wildman–Crippen LogP) is 3.95. The van der Waals surface area contributed by atoms with Gasteiger partial charge in [-0.15, -0.1) is 0 Å². The van der Waals surface area contributed by atoms with E-state index in [1.165, 1.54) is 0 Å². The van der Waals surface area contributed by atoms with Gasteiger partial charge in [-0.1, -0.05) is 44.9 Å². The molecule has 1 amide bonds. The summed E-state index contributed by atoms with van der Waals surface area (Å²) in [5, 5.41) is 12.4. The van der Waals surface area contributed by atoms with Crippen molar-refractivity contribution in [1.82, 2.24) is 0 Å². The maximum absolute atomic E-state index is 12.6. The lowest BCUT2D eigenvalue weighted by molar-refractivity contribution is -0.147. The van der Waals surface area contributed by atoms with Crippen molar-refractivity contribution in [3.8, 4) is 0 Å². The number of nitrogens with one attached hydrogen (secondary N) is 1. The van der Waals surface area contributed by atoms with E-state index < -0.39 is 17.8 Å². The molecule has 22 heavy (non-hydrogen) atoms. The van der Waals surface area contributed by atoms with Crippen LogP contribution in [0, 0.1) is 18.8 Å². The van der Waals surface area contributed by atoms with Gasteiger partial charge < -0.3 is 10.4 Å². The van der Waals surface area contributed by atoms with Crippen LogP contribution < -0.4 is 5.32 Å². The Morgan fingerprint density at radius 2 is 1.82 bits per heavy atom. The minimum atomic E-state index is -0.853. The monoisotopic (exact) mass is 303 g/mol. The number of benzene rings is 1. The molecule has 4 heteroatoms. The number of aliphatic carboxylic acids is 1. The number of carboxylic acid groups (broad SMARTS) is 1. The lowest BCUT2D eigenvalue weighted by Gasteiger charge is -2.28. The maximum Gasteiger partial charge on any atom is 0.307 e. The van der Waals surface area contributed by atoms with Gasteiger partial charge in [0.1, 0.15) is 0 Å². The lowest BCUT2D eigenvalue weighted by Crippen LogP contribution is -2.36. The molecular weight excluding hydrogens is 278 g/mol. The number of hydrogen-bond acceptors (Lipinski definition) is 2. The zero-order valence-corrected chi connectivity index (χ0v) is 13.6. The zero-order valence-electron chi connectivity index (χ0n) is 13.6. The number of carbonyl (C=O) groups is 2. The molecule has 1 aliphatic rings. The predicted molar refractivity (Wildman–Crippen MR) is 87.0 cm³/mol. The van der Waals surface area contributed by atoms with Gasteiger partial charge >= 0.3 is 5.97 Å². The Bertz CT molecular complexity index is 565. The Morgan fingerprint density at radius 3 is 2.41 bits per heavy atom.